The van der Waals surface area contributed by atoms with Crippen LogP contribution in [0.4, 0.5) is 8.78 Å². The summed E-state index contributed by atoms with van der Waals surface area (Å²) in [4.78, 5) is 0. The van der Waals surface area contributed by atoms with Crippen molar-refractivity contribution in [1.82, 2.24) is 9.78 Å². The predicted molar refractivity (Wildman–Crippen MR) is 65.1 cm³/mol. The molecule has 0 unspecified atom stereocenters. The monoisotopic (exact) mass is 320 g/mol. The van der Waals surface area contributed by atoms with Crippen molar-refractivity contribution < 1.29 is 8.78 Å². The van der Waals surface area contributed by atoms with Crippen LogP contribution in [0.2, 0.25) is 5.02 Å². The lowest BCUT2D eigenvalue weighted by Gasteiger charge is -2.08. The van der Waals surface area contributed by atoms with Crippen molar-refractivity contribution in [2.24, 2.45) is 0 Å². The molecule has 90 valence electrons. The SMILES string of the molecule is Cc1c(Cl)cnn1Cc1c(F)ccc(Br)c1F. The molecule has 1 aromatic heterocycles. The highest BCUT2D eigenvalue weighted by atomic mass is 79.9. The highest BCUT2D eigenvalue weighted by molar-refractivity contribution is 9.10. The molecule has 0 saturated heterocycles. The van der Waals surface area contributed by atoms with Crippen LogP contribution < -0.4 is 0 Å². The Labute approximate surface area is 110 Å². The average Bonchev–Trinajstić information content (AvgIpc) is 2.61. The predicted octanol–water partition coefficient (Wildman–Crippen LogP) is 3.93. The van der Waals surface area contributed by atoms with Gasteiger partial charge in [0.15, 0.2) is 0 Å². The molecule has 1 heterocycles. The molecule has 0 saturated carbocycles. The molecule has 0 fully saturated rings. The first kappa shape index (κ1) is 12.5. The lowest BCUT2D eigenvalue weighted by atomic mass is 10.2. The lowest BCUT2D eigenvalue weighted by Crippen LogP contribution is -2.08. The van der Waals surface area contributed by atoms with E-state index in [1.54, 1.807) is 6.92 Å². The van der Waals surface area contributed by atoms with Gasteiger partial charge in [0.1, 0.15) is 11.6 Å². The van der Waals surface area contributed by atoms with E-state index >= 15 is 0 Å². The quantitative estimate of drug-likeness (QED) is 0.766. The Hall–Kier alpha value is -0.940. The van der Waals surface area contributed by atoms with Gasteiger partial charge < -0.3 is 0 Å². The van der Waals surface area contributed by atoms with Crippen molar-refractivity contribution in [2.75, 3.05) is 0 Å². The van der Waals surface area contributed by atoms with Crippen molar-refractivity contribution in [3.63, 3.8) is 0 Å². The standard InChI is InChI=1S/C11H8BrClF2N2/c1-6-9(13)4-16-17(6)5-7-10(14)3-2-8(12)11(7)15/h2-4H,5H2,1H3. The molecular formula is C11H8BrClF2N2. The molecule has 1 aromatic carbocycles. The third kappa shape index (κ3) is 2.35. The van der Waals surface area contributed by atoms with E-state index in [4.69, 9.17) is 11.6 Å². The van der Waals surface area contributed by atoms with E-state index in [1.165, 1.54) is 23.0 Å². The van der Waals surface area contributed by atoms with Crippen LogP contribution in [-0.2, 0) is 6.54 Å². The van der Waals surface area contributed by atoms with Gasteiger partial charge in [0.25, 0.3) is 0 Å². The van der Waals surface area contributed by atoms with Crippen LogP contribution in [0, 0.1) is 18.6 Å². The van der Waals surface area contributed by atoms with Crippen LogP contribution in [0.25, 0.3) is 0 Å². The molecule has 0 radical (unpaired) electrons. The molecular weight excluding hydrogens is 313 g/mol. The lowest BCUT2D eigenvalue weighted by molar-refractivity contribution is 0.526. The minimum absolute atomic E-state index is 0.00958. The van der Waals surface area contributed by atoms with Crippen LogP contribution >= 0.6 is 27.5 Å². The first-order chi connectivity index (χ1) is 8.00. The average molecular weight is 322 g/mol. The van der Waals surface area contributed by atoms with Crippen molar-refractivity contribution in [2.45, 2.75) is 13.5 Å². The third-order valence-corrected chi connectivity index (χ3v) is 3.47. The van der Waals surface area contributed by atoms with Gasteiger partial charge >= 0.3 is 0 Å². The van der Waals surface area contributed by atoms with Gasteiger partial charge in [-0.1, -0.05) is 11.6 Å². The van der Waals surface area contributed by atoms with Crippen molar-refractivity contribution in [3.8, 4) is 0 Å². The van der Waals surface area contributed by atoms with E-state index in [2.05, 4.69) is 21.0 Å². The molecule has 0 atom stereocenters. The Kier molecular flexibility index (Phi) is 3.49. The Morgan fingerprint density at radius 3 is 2.71 bits per heavy atom. The van der Waals surface area contributed by atoms with Gasteiger partial charge in [-0.15, -0.1) is 0 Å². The summed E-state index contributed by atoms with van der Waals surface area (Å²) >= 11 is 8.85. The van der Waals surface area contributed by atoms with Gasteiger partial charge in [-0.25, -0.2) is 8.78 Å². The van der Waals surface area contributed by atoms with Gasteiger partial charge in [0.05, 0.1) is 27.9 Å². The van der Waals surface area contributed by atoms with Gasteiger partial charge in [0.2, 0.25) is 0 Å². The van der Waals surface area contributed by atoms with Crippen molar-refractivity contribution in [3.05, 3.63) is 50.7 Å². The number of hydrogen-bond acceptors (Lipinski definition) is 1. The van der Waals surface area contributed by atoms with E-state index in [0.29, 0.717) is 10.7 Å². The number of aromatic nitrogens is 2. The summed E-state index contributed by atoms with van der Waals surface area (Å²) in [5.74, 6) is -1.22. The fraction of sp³-hybridized carbons (Fsp3) is 0.182. The maximum absolute atomic E-state index is 13.7. The molecule has 0 N–H and O–H groups in total. The largest absolute Gasteiger partial charge is 0.264 e. The molecule has 0 aliphatic heterocycles. The molecule has 17 heavy (non-hydrogen) atoms. The van der Waals surface area contributed by atoms with Gasteiger partial charge in [-0.05, 0) is 35.0 Å². The minimum atomic E-state index is -0.615. The van der Waals surface area contributed by atoms with Crippen molar-refractivity contribution in [1.29, 1.82) is 0 Å². The Bertz CT molecular complexity index is 569. The van der Waals surface area contributed by atoms with Crippen LogP contribution in [0.15, 0.2) is 22.8 Å². The number of nitrogens with zero attached hydrogens (tertiary/aromatic N) is 2. The minimum Gasteiger partial charge on any atom is -0.264 e. The van der Waals surface area contributed by atoms with Crippen LogP contribution in [0.1, 0.15) is 11.3 Å². The fourth-order valence-electron chi connectivity index (χ4n) is 1.45. The summed E-state index contributed by atoms with van der Waals surface area (Å²) in [5, 5.41) is 4.43. The molecule has 2 aromatic rings. The van der Waals surface area contributed by atoms with Crippen LogP contribution in [0.3, 0.4) is 0 Å². The van der Waals surface area contributed by atoms with Gasteiger partial charge in [-0.2, -0.15) is 5.10 Å². The van der Waals surface area contributed by atoms with Gasteiger partial charge in [-0.3, -0.25) is 4.68 Å². The molecule has 0 spiro atoms. The Balaban J connectivity index is 2.43. The maximum Gasteiger partial charge on any atom is 0.145 e. The Morgan fingerprint density at radius 1 is 1.41 bits per heavy atom. The second kappa shape index (κ2) is 4.74. The van der Waals surface area contributed by atoms with Crippen LogP contribution in [0.5, 0.6) is 0 Å². The van der Waals surface area contributed by atoms with E-state index in [0.717, 1.165) is 0 Å². The molecule has 0 bridgehead atoms. The second-order valence-corrected chi connectivity index (χ2v) is 4.82. The fourth-order valence-corrected chi connectivity index (χ4v) is 1.96. The number of halogens is 4. The number of benzene rings is 1. The highest BCUT2D eigenvalue weighted by Gasteiger charge is 2.14. The van der Waals surface area contributed by atoms with Gasteiger partial charge in [0, 0.05) is 5.56 Å². The normalized spacial score (nSPS) is 10.9. The second-order valence-electron chi connectivity index (χ2n) is 3.56. The summed E-state index contributed by atoms with van der Waals surface area (Å²) in [6.45, 7) is 1.75. The molecule has 0 aliphatic rings. The van der Waals surface area contributed by atoms with Crippen LogP contribution in [-0.4, -0.2) is 9.78 Å². The number of hydrogen-bond donors (Lipinski definition) is 0. The molecule has 2 rings (SSSR count). The molecule has 0 aliphatic carbocycles. The van der Waals surface area contributed by atoms with E-state index in [-0.39, 0.29) is 16.6 Å². The molecule has 2 nitrogen and oxygen atoms in total. The topological polar surface area (TPSA) is 17.8 Å². The number of rotatable bonds is 2. The summed E-state index contributed by atoms with van der Waals surface area (Å²) in [5.41, 5.74) is 0.632. The first-order valence-electron chi connectivity index (χ1n) is 4.81. The van der Waals surface area contributed by atoms with Crippen molar-refractivity contribution >= 4 is 27.5 Å². The Morgan fingerprint density at radius 2 is 2.12 bits per heavy atom. The summed E-state index contributed by atoms with van der Waals surface area (Å²) in [7, 11) is 0. The smallest absolute Gasteiger partial charge is 0.145 e. The zero-order chi connectivity index (χ0) is 12.6. The summed E-state index contributed by atoms with van der Waals surface area (Å²) in [6.07, 6.45) is 1.45. The molecule has 6 heteroatoms. The summed E-state index contributed by atoms with van der Waals surface area (Å²) < 4.78 is 28.9. The van der Waals surface area contributed by atoms with E-state index < -0.39 is 11.6 Å². The highest BCUT2D eigenvalue weighted by Crippen LogP contribution is 2.23. The first-order valence-corrected chi connectivity index (χ1v) is 5.98. The maximum atomic E-state index is 13.7. The third-order valence-electron chi connectivity index (χ3n) is 2.49. The zero-order valence-electron chi connectivity index (χ0n) is 8.85. The zero-order valence-corrected chi connectivity index (χ0v) is 11.2. The van der Waals surface area contributed by atoms with E-state index in [9.17, 15) is 8.78 Å². The van der Waals surface area contributed by atoms with E-state index in [1.807, 2.05) is 0 Å². The summed E-state index contributed by atoms with van der Waals surface area (Å²) in [6, 6.07) is 2.54. The molecule has 0 amide bonds.